The average Bonchev–Trinajstić information content (AvgIpc) is 2.40. The van der Waals surface area contributed by atoms with Gasteiger partial charge >= 0.3 is 0 Å². The maximum absolute atomic E-state index is 11.1. The van der Waals surface area contributed by atoms with Crippen molar-refractivity contribution in [1.82, 2.24) is 5.43 Å². The van der Waals surface area contributed by atoms with Crippen LogP contribution in [0.5, 0.6) is 5.75 Å². The van der Waals surface area contributed by atoms with Crippen LogP contribution in [0.15, 0.2) is 17.2 Å². The zero-order valence-electron chi connectivity index (χ0n) is 12.2. The van der Waals surface area contributed by atoms with E-state index in [0.717, 1.165) is 22.4 Å². The molecule has 0 unspecified atom stereocenters. The van der Waals surface area contributed by atoms with Gasteiger partial charge in [0.05, 0.1) is 19.4 Å². The maximum atomic E-state index is 11.1. The highest BCUT2D eigenvalue weighted by Gasteiger charge is 2.10. The van der Waals surface area contributed by atoms with Crippen LogP contribution in [0, 0.1) is 18.3 Å². The first kappa shape index (κ1) is 15.7. The second-order valence-electron chi connectivity index (χ2n) is 4.73. The topological polar surface area (TPSA) is 74.5 Å². The number of rotatable bonds is 5. The Hall–Kier alpha value is -2.35. The van der Waals surface area contributed by atoms with Gasteiger partial charge in [-0.2, -0.15) is 10.4 Å². The van der Waals surface area contributed by atoms with E-state index in [2.05, 4.69) is 24.4 Å². The monoisotopic (exact) mass is 273 g/mol. The number of benzene rings is 1. The van der Waals surface area contributed by atoms with Crippen LogP contribution in [0.4, 0.5) is 0 Å². The Kier molecular flexibility index (Phi) is 5.73. The fraction of sp³-hybridized carbons (Fsp3) is 0.400. The van der Waals surface area contributed by atoms with E-state index in [4.69, 9.17) is 10.00 Å². The summed E-state index contributed by atoms with van der Waals surface area (Å²) in [6, 6.07) is 5.72. The maximum Gasteiger partial charge on any atom is 0.254 e. The second-order valence-corrected chi connectivity index (χ2v) is 4.73. The van der Waals surface area contributed by atoms with Crippen molar-refractivity contribution in [2.45, 2.75) is 33.1 Å². The van der Waals surface area contributed by atoms with E-state index in [-0.39, 0.29) is 6.42 Å². The number of carbonyl (C=O) groups is 1. The van der Waals surface area contributed by atoms with E-state index < -0.39 is 5.91 Å². The number of nitrogens with zero attached hydrogens (tertiary/aromatic N) is 2. The summed E-state index contributed by atoms with van der Waals surface area (Å²) < 4.78 is 5.37. The molecule has 5 heteroatoms. The summed E-state index contributed by atoms with van der Waals surface area (Å²) >= 11 is 0. The van der Waals surface area contributed by atoms with Crippen LogP contribution >= 0.6 is 0 Å². The summed E-state index contributed by atoms with van der Waals surface area (Å²) in [5, 5.41) is 12.2. The van der Waals surface area contributed by atoms with Crippen molar-refractivity contribution in [3.8, 4) is 11.8 Å². The van der Waals surface area contributed by atoms with Crippen molar-refractivity contribution in [2.24, 2.45) is 5.10 Å². The molecule has 1 N–H and O–H groups in total. The molecule has 0 saturated carbocycles. The minimum atomic E-state index is -0.418. The number of hydrogen-bond acceptors (Lipinski definition) is 4. The standard InChI is InChI=1S/C15H19N3O2/c1-10(2)13-8-12(11(3)7-14(13)20-4)9-17-18-15(19)5-6-16/h7-10H,5H2,1-4H3,(H,18,19)/b17-9+. The number of ether oxygens (including phenoxy) is 1. The molecule has 0 saturated heterocycles. The lowest BCUT2D eigenvalue weighted by Gasteiger charge is -2.14. The fourth-order valence-electron chi connectivity index (χ4n) is 1.77. The van der Waals surface area contributed by atoms with E-state index in [1.54, 1.807) is 19.4 Å². The van der Waals surface area contributed by atoms with Gasteiger partial charge in [-0.3, -0.25) is 4.79 Å². The molecule has 0 fully saturated rings. The van der Waals surface area contributed by atoms with E-state index in [1.165, 1.54) is 0 Å². The third-order valence-corrected chi connectivity index (χ3v) is 2.87. The molecule has 1 amide bonds. The van der Waals surface area contributed by atoms with Crippen LogP contribution in [0.1, 0.15) is 42.9 Å². The van der Waals surface area contributed by atoms with Crippen LogP contribution < -0.4 is 10.2 Å². The van der Waals surface area contributed by atoms with Gasteiger partial charge in [-0.15, -0.1) is 0 Å². The average molecular weight is 273 g/mol. The Morgan fingerprint density at radius 1 is 1.55 bits per heavy atom. The van der Waals surface area contributed by atoms with Gasteiger partial charge in [0.15, 0.2) is 0 Å². The number of methoxy groups -OCH3 is 1. The SMILES string of the molecule is COc1cc(C)c(/C=N/NC(=O)CC#N)cc1C(C)C. The van der Waals surface area contributed by atoms with Gasteiger partial charge < -0.3 is 4.74 Å². The summed E-state index contributed by atoms with van der Waals surface area (Å²) in [5.41, 5.74) is 5.31. The van der Waals surface area contributed by atoms with E-state index >= 15 is 0 Å². The molecule has 1 aromatic rings. The van der Waals surface area contributed by atoms with Crippen molar-refractivity contribution < 1.29 is 9.53 Å². The smallest absolute Gasteiger partial charge is 0.254 e. The van der Waals surface area contributed by atoms with Gasteiger partial charge in [0, 0.05) is 0 Å². The predicted molar refractivity (Wildman–Crippen MR) is 77.8 cm³/mol. The Labute approximate surface area is 119 Å². The summed E-state index contributed by atoms with van der Waals surface area (Å²) in [7, 11) is 1.65. The van der Waals surface area contributed by atoms with Gasteiger partial charge in [-0.1, -0.05) is 13.8 Å². The summed E-state index contributed by atoms with van der Waals surface area (Å²) in [6.45, 7) is 6.12. The van der Waals surface area contributed by atoms with Gasteiger partial charge in [0.1, 0.15) is 12.2 Å². The minimum absolute atomic E-state index is 0.198. The third-order valence-electron chi connectivity index (χ3n) is 2.87. The summed E-state index contributed by atoms with van der Waals surface area (Å²) in [5.74, 6) is 0.757. The number of amides is 1. The van der Waals surface area contributed by atoms with Crippen molar-refractivity contribution in [2.75, 3.05) is 7.11 Å². The Balaban J connectivity index is 2.96. The largest absolute Gasteiger partial charge is 0.496 e. The lowest BCUT2D eigenvalue weighted by atomic mass is 9.97. The molecule has 0 radical (unpaired) electrons. The first-order valence-corrected chi connectivity index (χ1v) is 6.37. The van der Waals surface area contributed by atoms with Gasteiger partial charge in [-0.25, -0.2) is 5.43 Å². The lowest BCUT2D eigenvalue weighted by molar-refractivity contribution is -0.120. The number of hydrazone groups is 1. The Morgan fingerprint density at radius 2 is 2.25 bits per heavy atom. The molecule has 0 aliphatic heterocycles. The van der Waals surface area contributed by atoms with Gasteiger partial charge in [0.2, 0.25) is 0 Å². The molecule has 0 aromatic heterocycles. The highest BCUT2D eigenvalue weighted by molar-refractivity contribution is 5.85. The highest BCUT2D eigenvalue weighted by Crippen LogP contribution is 2.28. The number of aryl methyl sites for hydroxylation is 1. The second kappa shape index (κ2) is 7.29. The van der Waals surface area contributed by atoms with Crippen molar-refractivity contribution in [3.05, 3.63) is 28.8 Å². The van der Waals surface area contributed by atoms with E-state index in [9.17, 15) is 4.79 Å². The van der Waals surface area contributed by atoms with Crippen molar-refractivity contribution in [3.63, 3.8) is 0 Å². The number of nitrogens with one attached hydrogen (secondary N) is 1. The minimum Gasteiger partial charge on any atom is -0.496 e. The molecule has 0 atom stereocenters. The lowest BCUT2D eigenvalue weighted by Crippen LogP contribution is -2.16. The molecule has 1 aromatic carbocycles. The zero-order valence-corrected chi connectivity index (χ0v) is 12.2. The first-order chi connectivity index (χ1) is 9.49. The van der Waals surface area contributed by atoms with Crippen molar-refractivity contribution in [1.29, 1.82) is 5.26 Å². The summed E-state index contributed by atoms with van der Waals surface area (Å²) in [4.78, 5) is 11.1. The Bertz CT molecular complexity index is 557. The van der Waals surface area contributed by atoms with Gasteiger partial charge in [-0.05, 0) is 41.7 Å². The van der Waals surface area contributed by atoms with Crippen LogP contribution in [-0.4, -0.2) is 19.2 Å². The molecule has 0 aliphatic rings. The normalized spacial score (nSPS) is 10.6. The number of carbonyl (C=O) groups excluding carboxylic acids is 1. The molecule has 106 valence electrons. The van der Waals surface area contributed by atoms with Crippen LogP contribution in [0.2, 0.25) is 0 Å². The highest BCUT2D eigenvalue weighted by atomic mass is 16.5. The summed E-state index contributed by atoms with van der Waals surface area (Å²) in [6.07, 6.45) is 1.38. The van der Waals surface area contributed by atoms with Crippen LogP contribution in [0.25, 0.3) is 0 Å². The van der Waals surface area contributed by atoms with E-state index in [0.29, 0.717) is 5.92 Å². The molecular weight excluding hydrogens is 254 g/mol. The van der Waals surface area contributed by atoms with Crippen LogP contribution in [0.3, 0.4) is 0 Å². The molecule has 5 nitrogen and oxygen atoms in total. The molecule has 1 rings (SSSR count). The molecule has 0 spiro atoms. The third kappa shape index (κ3) is 4.09. The molecule has 0 aliphatic carbocycles. The van der Waals surface area contributed by atoms with Gasteiger partial charge in [0.25, 0.3) is 5.91 Å². The zero-order chi connectivity index (χ0) is 15.1. The molecule has 20 heavy (non-hydrogen) atoms. The fourth-order valence-corrected chi connectivity index (χ4v) is 1.77. The number of nitriles is 1. The molecular formula is C15H19N3O2. The molecule has 0 bridgehead atoms. The number of hydrogen-bond donors (Lipinski definition) is 1. The van der Waals surface area contributed by atoms with E-state index in [1.807, 2.05) is 19.1 Å². The predicted octanol–water partition coefficient (Wildman–Crippen LogP) is 2.49. The van der Waals surface area contributed by atoms with Crippen LogP contribution in [-0.2, 0) is 4.79 Å². The van der Waals surface area contributed by atoms with Crippen molar-refractivity contribution >= 4 is 12.1 Å². The first-order valence-electron chi connectivity index (χ1n) is 6.37. The molecule has 0 heterocycles. The quantitative estimate of drug-likeness (QED) is 0.661. The Morgan fingerprint density at radius 3 is 2.80 bits per heavy atom.